The van der Waals surface area contributed by atoms with Crippen molar-refractivity contribution in [3.05, 3.63) is 0 Å². The van der Waals surface area contributed by atoms with E-state index < -0.39 is 5.97 Å². The third kappa shape index (κ3) is 3.27. The highest BCUT2D eigenvalue weighted by Crippen LogP contribution is 2.40. The van der Waals surface area contributed by atoms with Gasteiger partial charge in [-0.1, -0.05) is 6.92 Å². The van der Waals surface area contributed by atoms with E-state index in [9.17, 15) is 9.90 Å². The van der Waals surface area contributed by atoms with Gasteiger partial charge in [0.25, 0.3) is 0 Å². The van der Waals surface area contributed by atoms with Gasteiger partial charge in [-0.05, 0) is 26.2 Å². The van der Waals surface area contributed by atoms with Crippen LogP contribution < -0.4 is 0 Å². The lowest BCUT2D eigenvalue weighted by Gasteiger charge is -2.52. The van der Waals surface area contributed by atoms with E-state index in [-0.39, 0.29) is 17.6 Å². The van der Waals surface area contributed by atoms with Crippen LogP contribution in [0.15, 0.2) is 0 Å². The minimum Gasteiger partial charge on any atom is -0.481 e. The molecule has 0 bridgehead atoms. The van der Waals surface area contributed by atoms with Crippen molar-refractivity contribution in [2.75, 3.05) is 32.9 Å². The minimum absolute atomic E-state index is 0.200. The van der Waals surface area contributed by atoms with Crippen LogP contribution in [-0.2, 0) is 14.3 Å². The van der Waals surface area contributed by atoms with Gasteiger partial charge in [0.15, 0.2) is 0 Å². The highest BCUT2D eigenvalue weighted by Gasteiger charge is 2.47. The molecule has 5 heteroatoms. The Bertz CT molecular complexity index is 329. The van der Waals surface area contributed by atoms with Crippen molar-refractivity contribution in [1.82, 2.24) is 4.90 Å². The summed E-state index contributed by atoms with van der Waals surface area (Å²) in [6, 6.07) is 0. The molecule has 19 heavy (non-hydrogen) atoms. The van der Waals surface area contributed by atoms with Gasteiger partial charge >= 0.3 is 5.97 Å². The number of carbonyl (C=O) groups is 1. The molecule has 0 aliphatic carbocycles. The first-order chi connectivity index (χ1) is 9.00. The average Bonchev–Trinajstić information content (AvgIpc) is 2.39. The number of aliphatic carboxylic acids is 1. The zero-order valence-electron chi connectivity index (χ0n) is 12.0. The normalized spacial score (nSPS) is 37.2. The van der Waals surface area contributed by atoms with Gasteiger partial charge in [0.05, 0.1) is 25.2 Å². The first kappa shape index (κ1) is 14.8. The molecule has 110 valence electrons. The Hall–Kier alpha value is -0.650. The monoisotopic (exact) mass is 271 g/mol. The van der Waals surface area contributed by atoms with Gasteiger partial charge in [-0.15, -0.1) is 0 Å². The molecular weight excluding hydrogens is 246 g/mol. The molecule has 2 atom stereocenters. The zero-order chi connectivity index (χ0) is 13.9. The van der Waals surface area contributed by atoms with Crippen molar-refractivity contribution < 1.29 is 19.4 Å². The molecule has 2 saturated heterocycles. The highest BCUT2D eigenvalue weighted by molar-refractivity contribution is 5.68. The SMILES string of the molecule is CCC1(C)CC(CC(=O)O)(N2CCOCC2)CCO1. The summed E-state index contributed by atoms with van der Waals surface area (Å²) in [4.78, 5) is 13.6. The number of carboxylic acid groups (broad SMARTS) is 1. The summed E-state index contributed by atoms with van der Waals surface area (Å²) in [5.74, 6) is -0.716. The Balaban J connectivity index is 2.20. The van der Waals surface area contributed by atoms with Crippen molar-refractivity contribution in [1.29, 1.82) is 0 Å². The van der Waals surface area contributed by atoms with Crippen molar-refractivity contribution in [2.24, 2.45) is 0 Å². The fourth-order valence-electron chi connectivity index (χ4n) is 3.40. The maximum Gasteiger partial charge on any atom is 0.305 e. The number of carboxylic acids is 1. The fourth-order valence-corrected chi connectivity index (χ4v) is 3.40. The Labute approximate surface area is 114 Å². The van der Waals surface area contributed by atoms with Gasteiger partial charge in [-0.2, -0.15) is 0 Å². The van der Waals surface area contributed by atoms with E-state index in [2.05, 4.69) is 18.7 Å². The Morgan fingerprint density at radius 3 is 2.58 bits per heavy atom. The second-order valence-corrected chi connectivity index (χ2v) is 5.97. The largest absolute Gasteiger partial charge is 0.481 e. The Kier molecular flexibility index (Phi) is 4.48. The molecule has 2 aliphatic heterocycles. The first-order valence-electron chi connectivity index (χ1n) is 7.18. The van der Waals surface area contributed by atoms with Crippen molar-refractivity contribution in [2.45, 2.75) is 50.7 Å². The molecule has 0 saturated carbocycles. The van der Waals surface area contributed by atoms with Crippen LogP contribution in [0.3, 0.4) is 0 Å². The number of hydrogen-bond acceptors (Lipinski definition) is 4. The van der Waals surface area contributed by atoms with Gasteiger partial charge in [-0.25, -0.2) is 0 Å². The summed E-state index contributed by atoms with van der Waals surface area (Å²) in [5, 5.41) is 9.31. The molecule has 2 rings (SSSR count). The molecule has 5 nitrogen and oxygen atoms in total. The highest BCUT2D eigenvalue weighted by atomic mass is 16.5. The van der Waals surface area contributed by atoms with Crippen LogP contribution in [0.2, 0.25) is 0 Å². The van der Waals surface area contributed by atoms with E-state index in [1.807, 2.05) is 0 Å². The molecule has 0 spiro atoms. The second kappa shape index (κ2) is 5.77. The summed E-state index contributed by atoms with van der Waals surface area (Å²) >= 11 is 0. The maximum absolute atomic E-state index is 11.3. The van der Waals surface area contributed by atoms with E-state index in [1.165, 1.54) is 0 Å². The van der Waals surface area contributed by atoms with Crippen LogP contribution in [0, 0.1) is 0 Å². The van der Waals surface area contributed by atoms with Gasteiger partial charge in [0, 0.05) is 25.2 Å². The van der Waals surface area contributed by atoms with Crippen LogP contribution in [-0.4, -0.2) is 60.0 Å². The van der Waals surface area contributed by atoms with Crippen molar-refractivity contribution in [3.8, 4) is 0 Å². The molecule has 2 aliphatic rings. The Morgan fingerprint density at radius 1 is 1.32 bits per heavy atom. The molecular formula is C14H25NO4. The molecule has 0 amide bonds. The van der Waals surface area contributed by atoms with Crippen molar-refractivity contribution >= 4 is 5.97 Å². The standard InChI is InChI=1S/C14H25NO4/c1-3-13(2)11-14(4-7-19-13,10-12(16)17)15-5-8-18-9-6-15/h3-11H2,1-2H3,(H,16,17). The van der Waals surface area contributed by atoms with Crippen molar-refractivity contribution in [3.63, 3.8) is 0 Å². The molecule has 1 N–H and O–H groups in total. The van der Waals surface area contributed by atoms with E-state index in [0.717, 1.165) is 32.4 Å². The molecule has 2 unspecified atom stereocenters. The zero-order valence-corrected chi connectivity index (χ0v) is 12.0. The summed E-state index contributed by atoms with van der Waals surface area (Å²) in [5.41, 5.74) is -0.468. The number of morpholine rings is 1. The van der Waals surface area contributed by atoms with E-state index in [4.69, 9.17) is 9.47 Å². The predicted molar refractivity (Wildman–Crippen MR) is 71.3 cm³/mol. The molecule has 0 radical (unpaired) electrons. The summed E-state index contributed by atoms with van der Waals surface area (Å²) in [6.07, 6.45) is 2.71. The average molecular weight is 271 g/mol. The van der Waals surface area contributed by atoms with Gasteiger partial charge < -0.3 is 14.6 Å². The molecule has 2 heterocycles. The topological polar surface area (TPSA) is 59.0 Å². The van der Waals surface area contributed by atoms with Crippen LogP contribution in [0.25, 0.3) is 0 Å². The second-order valence-electron chi connectivity index (χ2n) is 5.97. The quantitative estimate of drug-likeness (QED) is 0.840. The van der Waals surface area contributed by atoms with Crippen LogP contribution in [0.4, 0.5) is 0 Å². The van der Waals surface area contributed by atoms with Crippen LogP contribution >= 0.6 is 0 Å². The maximum atomic E-state index is 11.3. The smallest absolute Gasteiger partial charge is 0.305 e. The number of hydrogen-bond donors (Lipinski definition) is 1. The van der Waals surface area contributed by atoms with Crippen LogP contribution in [0.5, 0.6) is 0 Å². The van der Waals surface area contributed by atoms with E-state index in [1.54, 1.807) is 0 Å². The minimum atomic E-state index is -0.716. The lowest BCUT2D eigenvalue weighted by molar-refractivity contribution is -0.161. The van der Waals surface area contributed by atoms with E-state index in [0.29, 0.717) is 19.8 Å². The third-order valence-electron chi connectivity index (χ3n) is 4.63. The van der Waals surface area contributed by atoms with E-state index >= 15 is 0 Å². The number of rotatable bonds is 4. The summed E-state index contributed by atoms with van der Waals surface area (Å²) < 4.78 is 11.3. The van der Waals surface area contributed by atoms with Crippen LogP contribution in [0.1, 0.15) is 39.5 Å². The molecule has 0 aromatic carbocycles. The predicted octanol–water partition coefficient (Wildman–Crippen LogP) is 1.51. The summed E-state index contributed by atoms with van der Waals surface area (Å²) in [6.45, 7) is 7.91. The molecule has 0 aromatic heterocycles. The first-order valence-corrected chi connectivity index (χ1v) is 7.18. The Morgan fingerprint density at radius 2 is 2.00 bits per heavy atom. The molecule has 0 aromatic rings. The lowest BCUT2D eigenvalue weighted by Crippen LogP contribution is -2.60. The fraction of sp³-hybridized carbons (Fsp3) is 0.929. The number of ether oxygens (including phenoxy) is 2. The van der Waals surface area contributed by atoms with Gasteiger partial charge in [0.1, 0.15) is 0 Å². The molecule has 2 fully saturated rings. The lowest BCUT2D eigenvalue weighted by atomic mass is 9.75. The third-order valence-corrected chi connectivity index (χ3v) is 4.63. The number of nitrogens with zero attached hydrogens (tertiary/aromatic N) is 1. The van der Waals surface area contributed by atoms with Gasteiger partial charge in [-0.3, -0.25) is 9.69 Å². The summed E-state index contributed by atoms with van der Waals surface area (Å²) in [7, 11) is 0. The van der Waals surface area contributed by atoms with Gasteiger partial charge in [0.2, 0.25) is 0 Å².